The van der Waals surface area contributed by atoms with Gasteiger partial charge in [0.2, 0.25) is 0 Å². The Bertz CT molecular complexity index is 1110. The van der Waals surface area contributed by atoms with Crippen molar-refractivity contribution in [2.75, 3.05) is 5.32 Å². The number of hydrogen-bond donors (Lipinski definition) is 1. The molecule has 30 heavy (non-hydrogen) atoms. The highest BCUT2D eigenvalue weighted by Gasteiger charge is 2.16. The Kier molecular flexibility index (Phi) is 7.48. The Morgan fingerprint density at radius 2 is 1.80 bits per heavy atom. The van der Waals surface area contributed by atoms with E-state index < -0.39 is 0 Å². The second-order valence-corrected chi connectivity index (χ2v) is 8.38. The first-order valence-electron chi connectivity index (χ1n) is 9.67. The van der Waals surface area contributed by atoms with Gasteiger partial charge < -0.3 is 5.32 Å². The maximum absolute atomic E-state index is 6.23. The molecule has 154 valence electrons. The maximum atomic E-state index is 6.23. The molecule has 4 aromatic rings. The number of pyridine rings is 1. The minimum Gasteiger partial charge on any atom is -0.364 e. The molecule has 0 aliphatic heterocycles. The number of aryl methyl sites for hydroxylation is 1. The van der Waals surface area contributed by atoms with Crippen molar-refractivity contribution in [1.82, 2.24) is 9.97 Å². The van der Waals surface area contributed by atoms with Crippen LogP contribution in [0.2, 0.25) is 5.02 Å². The molecule has 0 aliphatic carbocycles. The minimum atomic E-state index is 0. The molecular weight excluding hydrogens is 433 g/mol. The molecule has 0 amide bonds. The number of thiazole rings is 1. The van der Waals surface area contributed by atoms with Gasteiger partial charge >= 0.3 is 0 Å². The van der Waals surface area contributed by atoms with Crippen LogP contribution in [-0.4, -0.2) is 9.97 Å². The van der Waals surface area contributed by atoms with Gasteiger partial charge in [-0.15, -0.1) is 23.7 Å². The van der Waals surface area contributed by atoms with Crippen LogP contribution >= 0.6 is 35.3 Å². The lowest BCUT2D eigenvalue weighted by molar-refractivity contribution is 0.875. The number of hydrogen-bond acceptors (Lipinski definition) is 4. The lowest BCUT2D eigenvalue weighted by atomic mass is 10.1. The van der Waals surface area contributed by atoms with Crippen LogP contribution in [0.1, 0.15) is 30.5 Å². The number of aromatic nitrogens is 2. The molecule has 4 rings (SSSR count). The van der Waals surface area contributed by atoms with Crippen LogP contribution < -0.4 is 5.32 Å². The SMILES string of the molecule is CCc1nc(-c2cccc(Cl)c2)c(-c2ccnc(N[C@@H](C)c3ccccc3)c2)s1.Cl. The smallest absolute Gasteiger partial charge is 0.126 e. The first-order valence-corrected chi connectivity index (χ1v) is 10.9. The largest absolute Gasteiger partial charge is 0.364 e. The lowest BCUT2D eigenvalue weighted by Gasteiger charge is -2.15. The third-order valence-corrected chi connectivity index (χ3v) is 6.24. The molecule has 0 bridgehead atoms. The molecular formula is C24H23Cl2N3S. The number of halogens is 2. The highest BCUT2D eigenvalue weighted by molar-refractivity contribution is 7.15. The van der Waals surface area contributed by atoms with Crippen molar-refractivity contribution in [3.05, 3.63) is 88.5 Å². The van der Waals surface area contributed by atoms with Crippen molar-refractivity contribution in [2.24, 2.45) is 0 Å². The zero-order valence-electron chi connectivity index (χ0n) is 16.8. The van der Waals surface area contributed by atoms with Crippen molar-refractivity contribution < 1.29 is 0 Å². The summed E-state index contributed by atoms with van der Waals surface area (Å²) in [5, 5.41) is 5.34. The topological polar surface area (TPSA) is 37.8 Å². The Labute approximate surface area is 192 Å². The summed E-state index contributed by atoms with van der Waals surface area (Å²) in [5.74, 6) is 0.849. The minimum absolute atomic E-state index is 0. The summed E-state index contributed by atoms with van der Waals surface area (Å²) in [6.45, 7) is 4.27. The molecule has 2 heterocycles. The Balaban J connectivity index is 0.00000256. The van der Waals surface area contributed by atoms with Crippen LogP contribution in [0.5, 0.6) is 0 Å². The second kappa shape index (κ2) is 10.1. The van der Waals surface area contributed by atoms with Crippen molar-refractivity contribution in [3.63, 3.8) is 0 Å². The van der Waals surface area contributed by atoms with Crippen molar-refractivity contribution in [3.8, 4) is 21.7 Å². The van der Waals surface area contributed by atoms with Crippen LogP contribution in [0, 0.1) is 0 Å². The van der Waals surface area contributed by atoms with E-state index in [-0.39, 0.29) is 18.4 Å². The third-order valence-electron chi connectivity index (χ3n) is 4.76. The van der Waals surface area contributed by atoms with Gasteiger partial charge in [-0.1, -0.05) is 61.0 Å². The Hall–Kier alpha value is -2.40. The summed E-state index contributed by atoms with van der Waals surface area (Å²) in [7, 11) is 0. The van der Waals surface area contributed by atoms with E-state index in [4.69, 9.17) is 16.6 Å². The van der Waals surface area contributed by atoms with Crippen LogP contribution in [0.25, 0.3) is 21.7 Å². The molecule has 0 unspecified atom stereocenters. The summed E-state index contributed by atoms with van der Waals surface area (Å²) in [6, 6.07) is 22.6. The summed E-state index contributed by atoms with van der Waals surface area (Å²) in [6.07, 6.45) is 2.75. The van der Waals surface area contributed by atoms with E-state index in [1.165, 1.54) is 5.56 Å². The first kappa shape index (κ1) is 22.3. The third kappa shape index (κ3) is 5.01. The van der Waals surface area contributed by atoms with Crippen molar-refractivity contribution in [1.29, 1.82) is 0 Å². The standard InChI is InChI=1S/C24H22ClN3S.ClH/c1-3-22-28-23(18-10-7-11-20(25)14-18)24(29-22)19-12-13-26-21(15-19)27-16(2)17-8-5-4-6-9-17;/h4-16H,3H2,1-2H3,(H,26,27);1H/t16-;/m0./s1. The average Bonchev–Trinajstić information content (AvgIpc) is 3.19. The number of nitrogens with zero attached hydrogens (tertiary/aromatic N) is 2. The molecule has 3 nitrogen and oxygen atoms in total. The van der Waals surface area contributed by atoms with Gasteiger partial charge in [-0.2, -0.15) is 0 Å². The van der Waals surface area contributed by atoms with Gasteiger partial charge in [0.05, 0.1) is 15.6 Å². The van der Waals surface area contributed by atoms with Gasteiger partial charge in [-0.05, 0) is 48.7 Å². The first-order chi connectivity index (χ1) is 14.1. The van der Waals surface area contributed by atoms with E-state index >= 15 is 0 Å². The molecule has 0 spiro atoms. The van der Waals surface area contributed by atoms with Crippen LogP contribution in [0.15, 0.2) is 72.9 Å². The fraction of sp³-hybridized carbons (Fsp3) is 0.167. The average molecular weight is 456 g/mol. The van der Waals surface area contributed by atoms with E-state index in [0.29, 0.717) is 5.02 Å². The summed E-state index contributed by atoms with van der Waals surface area (Å²) >= 11 is 7.96. The highest BCUT2D eigenvalue weighted by Crippen LogP contribution is 2.38. The summed E-state index contributed by atoms with van der Waals surface area (Å²) in [5.41, 5.74) is 4.34. The van der Waals surface area contributed by atoms with Crippen molar-refractivity contribution in [2.45, 2.75) is 26.3 Å². The molecule has 2 aromatic heterocycles. The molecule has 0 aliphatic rings. The van der Waals surface area contributed by atoms with Gasteiger partial charge in [-0.3, -0.25) is 0 Å². The Morgan fingerprint density at radius 3 is 2.53 bits per heavy atom. The Morgan fingerprint density at radius 1 is 1.00 bits per heavy atom. The fourth-order valence-electron chi connectivity index (χ4n) is 3.24. The van der Waals surface area contributed by atoms with E-state index in [9.17, 15) is 0 Å². The molecule has 6 heteroatoms. The maximum Gasteiger partial charge on any atom is 0.126 e. The zero-order chi connectivity index (χ0) is 20.2. The van der Waals surface area contributed by atoms with E-state index in [1.54, 1.807) is 11.3 Å². The second-order valence-electron chi connectivity index (χ2n) is 6.86. The van der Waals surface area contributed by atoms with Gasteiger partial charge in [0.25, 0.3) is 0 Å². The van der Waals surface area contributed by atoms with Crippen LogP contribution in [-0.2, 0) is 6.42 Å². The molecule has 0 radical (unpaired) electrons. The molecule has 1 atom stereocenters. The molecule has 0 saturated carbocycles. The van der Waals surface area contributed by atoms with E-state index in [1.807, 2.05) is 36.5 Å². The quantitative estimate of drug-likeness (QED) is 0.323. The van der Waals surface area contributed by atoms with Gasteiger partial charge in [0.15, 0.2) is 0 Å². The number of nitrogens with one attached hydrogen (secondary N) is 1. The summed E-state index contributed by atoms with van der Waals surface area (Å²) in [4.78, 5) is 10.5. The van der Waals surface area contributed by atoms with E-state index in [0.717, 1.165) is 38.9 Å². The highest BCUT2D eigenvalue weighted by atomic mass is 35.5. The zero-order valence-corrected chi connectivity index (χ0v) is 19.2. The normalized spacial score (nSPS) is 11.6. The fourth-order valence-corrected chi connectivity index (χ4v) is 4.45. The molecule has 0 saturated heterocycles. The van der Waals surface area contributed by atoms with Crippen molar-refractivity contribution >= 4 is 41.2 Å². The monoisotopic (exact) mass is 455 g/mol. The predicted octanol–water partition coefficient (Wildman–Crippen LogP) is 7.68. The number of rotatable bonds is 6. The van der Waals surface area contributed by atoms with Gasteiger partial charge in [0.1, 0.15) is 5.82 Å². The number of anilines is 1. The molecule has 1 N–H and O–H groups in total. The molecule has 2 aromatic carbocycles. The number of benzene rings is 2. The molecule has 0 fully saturated rings. The van der Waals surface area contributed by atoms with Gasteiger partial charge in [-0.25, -0.2) is 9.97 Å². The van der Waals surface area contributed by atoms with Gasteiger partial charge in [0, 0.05) is 22.8 Å². The van der Waals surface area contributed by atoms with Crippen LogP contribution in [0.4, 0.5) is 5.82 Å². The van der Waals surface area contributed by atoms with Crippen LogP contribution in [0.3, 0.4) is 0 Å². The lowest BCUT2D eigenvalue weighted by Crippen LogP contribution is -2.07. The summed E-state index contributed by atoms with van der Waals surface area (Å²) < 4.78 is 0. The predicted molar refractivity (Wildman–Crippen MR) is 131 cm³/mol. The van der Waals surface area contributed by atoms with E-state index in [2.05, 4.69) is 60.5 Å².